The Labute approximate surface area is 152 Å². The second-order valence-corrected chi connectivity index (χ2v) is 7.65. The molecule has 2 amide bonds. The highest BCUT2D eigenvalue weighted by Crippen LogP contribution is 2.11. The molecule has 1 atom stereocenters. The minimum Gasteiger partial charge on any atom is -0.366 e. The lowest BCUT2D eigenvalue weighted by Gasteiger charge is -2.15. The van der Waals surface area contributed by atoms with Gasteiger partial charge in [0, 0.05) is 12.1 Å². The van der Waals surface area contributed by atoms with E-state index in [1.807, 2.05) is 31.2 Å². The highest BCUT2D eigenvalue weighted by atomic mass is 32.2. The molecule has 0 aliphatic rings. The predicted molar refractivity (Wildman–Crippen MR) is 97.8 cm³/mol. The van der Waals surface area contributed by atoms with E-state index in [0.29, 0.717) is 6.54 Å². The molecule has 0 unspecified atom stereocenters. The summed E-state index contributed by atoms with van der Waals surface area (Å²) in [6.45, 7) is 3.73. The Bertz CT molecular complexity index is 891. The van der Waals surface area contributed by atoms with E-state index in [9.17, 15) is 18.0 Å². The Morgan fingerprint density at radius 1 is 1.04 bits per heavy atom. The fraction of sp³-hybridized carbons (Fsp3) is 0.222. The number of nitrogens with one attached hydrogen (secondary N) is 2. The van der Waals surface area contributed by atoms with E-state index in [4.69, 9.17) is 5.73 Å². The molecule has 8 heteroatoms. The smallest absolute Gasteiger partial charge is 0.248 e. The van der Waals surface area contributed by atoms with Gasteiger partial charge in [0.1, 0.15) is 0 Å². The van der Waals surface area contributed by atoms with Crippen LogP contribution in [0.5, 0.6) is 0 Å². The molecule has 138 valence electrons. The van der Waals surface area contributed by atoms with Crippen molar-refractivity contribution in [2.45, 2.75) is 31.3 Å². The molecule has 4 N–H and O–H groups in total. The average Bonchev–Trinajstić information content (AvgIpc) is 2.60. The molecule has 0 bridgehead atoms. The number of primary amides is 1. The molecule has 0 saturated carbocycles. The summed E-state index contributed by atoms with van der Waals surface area (Å²) >= 11 is 0. The molecule has 0 aliphatic carbocycles. The SMILES string of the molecule is Cc1ccc(CNC(=O)[C@H](C)NS(=O)(=O)c2ccc(C(N)=O)cc2)cc1. The monoisotopic (exact) mass is 375 g/mol. The second-order valence-electron chi connectivity index (χ2n) is 5.94. The normalized spacial score (nSPS) is 12.4. The van der Waals surface area contributed by atoms with Gasteiger partial charge < -0.3 is 11.1 Å². The van der Waals surface area contributed by atoms with Crippen LogP contribution in [-0.4, -0.2) is 26.3 Å². The Hall–Kier alpha value is -2.71. The molecule has 0 heterocycles. The zero-order chi connectivity index (χ0) is 19.3. The number of carbonyl (C=O) groups is 2. The van der Waals surface area contributed by atoms with Gasteiger partial charge in [-0.3, -0.25) is 9.59 Å². The van der Waals surface area contributed by atoms with E-state index in [2.05, 4.69) is 10.0 Å². The molecule has 0 aromatic heterocycles. The molecule has 0 saturated heterocycles. The van der Waals surface area contributed by atoms with Crippen LogP contribution in [0.25, 0.3) is 0 Å². The summed E-state index contributed by atoms with van der Waals surface area (Å²) < 4.78 is 27.0. The zero-order valence-electron chi connectivity index (χ0n) is 14.5. The third-order valence-corrected chi connectivity index (χ3v) is 5.32. The van der Waals surface area contributed by atoms with Crippen LogP contribution < -0.4 is 15.8 Å². The molecule has 0 spiro atoms. The molecule has 0 aliphatic heterocycles. The second kappa shape index (κ2) is 8.11. The Morgan fingerprint density at radius 3 is 2.15 bits per heavy atom. The van der Waals surface area contributed by atoms with E-state index in [1.54, 1.807) is 0 Å². The molecule has 2 rings (SSSR count). The minimum absolute atomic E-state index is 0.0549. The van der Waals surface area contributed by atoms with Crippen molar-refractivity contribution in [1.82, 2.24) is 10.0 Å². The summed E-state index contributed by atoms with van der Waals surface area (Å²) in [4.78, 5) is 23.1. The van der Waals surface area contributed by atoms with Crippen LogP contribution in [0.1, 0.15) is 28.4 Å². The number of sulfonamides is 1. The number of carbonyl (C=O) groups excluding carboxylic acids is 2. The van der Waals surface area contributed by atoms with E-state index in [-0.39, 0.29) is 10.5 Å². The lowest BCUT2D eigenvalue weighted by Crippen LogP contribution is -2.44. The Kier molecular flexibility index (Phi) is 6.12. The van der Waals surface area contributed by atoms with Crippen molar-refractivity contribution in [3.05, 3.63) is 65.2 Å². The van der Waals surface area contributed by atoms with Crippen LogP contribution in [0.2, 0.25) is 0 Å². The van der Waals surface area contributed by atoms with Crippen LogP contribution in [0.3, 0.4) is 0 Å². The quantitative estimate of drug-likeness (QED) is 0.671. The highest BCUT2D eigenvalue weighted by molar-refractivity contribution is 7.89. The fourth-order valence-electron chi connectivity index (χ4n) is 2.20. The summed E-state index contributed by atoms with van der Waals surface area (Å²) in [6.07, 6.45) is 0. The Morgan fingerprint density at radius 2 is 1.62 bits per heavy atom. The van der Waals surface area contributed by atoms with Crippen LogP contribution in [0.4, 0.5) is 0 Å². The Balaban J connectivity index is 1.97. The van der Waals surface area contributed by atoms with Crippen molar-refractivity contribution in [3.63, 3.8) is 0 Å². The summed E-state index contributed by atoms with van der Waals surface area (Å²) in [7, 11) is -3.90. The third-order valence-electron chi connectivity index (χ3n) is 3.76. The lowest BCUT2D eigenvalue weighted by atomic mass is 10.1. The number of benzene rings is 2. The van der Waals surface area contributed by atoms with Gasteiger partial charge in [-0.25, -0.2) is 8.42 Å². The average molecular weight is 375 g/mol. The largest absolute Gasteiger partial charge is 0.366 e. The van der Waals surface area contributed by atoms with Crippen LogP contribution in [0.15, 0.2) is 53.4 Å². The standard InChI is InChI=1S/C18H21N3O4S/c1-12-3-5-14(6-4-12)11-20-18(23)13(2)21-26(24,25)16-9-7-15(8-10-16)17(19)22/h3-10,13,21H,11H2,1-2H3,(H2,19,22)(H,20,23)/t13-/m0/s1. The van der Waals surface area contributed by atoms with Gasteiger partial charge in [0.15, 0.2) is 0 Å². The molecule has 2 aromatic carbocycles. The van der Waals surface area contributed by atoms with Gasteiger partial charge in [-0.05, 0) is 43.7 Å². The molecular formula is C18H21N3O4S. The van der Waals surface area contributed by atoms with Gasteiger partial charge in [0.05, 0.1) is 10.9 Å². The van der Waals surface area contributed by atoms with E-state index < -0.39 is 27.9 Å². The summed E-state index contributed by atoms with van der Waals surface area (Å²) in [6, 6.07) is 11.9. The lowest BCUT2D eigenvalue weighted by molar-refractivity contribution is -0.122. The van der Waals surface area contributed by atoms with Crippen molar-refractivity contribution in [1.29, 1.82) is 0 Å². The van der Waals surface area contributed by atoms with Crippen molar-refractivity contribution < 1.29 is 18.0 Å². The summed E-state index contributed by atoms with van der Waals surface area (Å²) in [5.74, 6) is -1.09. The predicted octanol–water partition coefficient (Wildman–Crippen LogP) is 1.08. The van der Waals surface area contributed by atoms with Crippen LogP contribution >= 0.6 is 0 Å². The van der Waals surface area contributed by atoms with Gasteiger partial charge >= 0.3 is 0 Å². The topological polar surface area (TPSA) is 118 Å². The van der Waals surface area contributed by atoms with Gasteiger partial charge in [-0.2, -0.15) is 4.72 Å². The van der Waals surface area contributed by atoms with Crippen molar-refractivity contribution in [3.8, 4) is 0 Å². The first-order valence-electron chi connectivity index (χ1n) is 7.94. The zero-order valence-corrected chi connectivity index (χ0v) is 15.3. The molecule has 7 nitrogen and oxygen atoms in total. The maximum Gasteiger partial charge on any atom is 0.248 e. The van der Waals surface area contributed by atoms with Crippen molar-refractivity contribution in [2.75, 3.05) is 0 Å². The molecule has 26 heavy (non-hydrogen) atoms. The number of amides is 2. The van der Waals surface area contributed by atoms with Gasteiger partial charge in [-0.15, -0.1) is 0 Å². The van der Waals surface area contributed by atoms with E-state index >= 15 is 0 Å². The molecule has 0 radical (unpaired) electrons. The maximum atomic E-state index is 12.3. The highest BCUT2D eigenvalue weighted by Gasteiger charge is 2.22. The van der Waals surface area contributed by atoms with Crippen molar-refractivity contribution >= 4 is 21.8 Å². The number of hydrogen-bond acceptors (Lipinski definition) is 4. The van der Waals surface area contributed by atoms with Crippen molar-refractivity contribution in [2.24, 2.45) is 5.73 Å². The van der Waals surface area contributed by atoms with Crippen LogP contribution in [0, 0.1) is 6.92 Å². The molecular weight excluding hydrogens is 354 g/mol. The van der Waals surface area contributed by atoms with E-state index in [0.717, 1.165) is 11.1 Å². The van der Waals surface area contributed by atoms with E-state index in [1.165, 1.54) is 31.2 Å². The fourth-order valence-corrected chi connectivity index (χ4v) is 3.40. The number of hydrogen-bond donors (Lipinski definition) is 3. The number of rotatable bonds is 7. The number of aryl methyl sites for hydroxylation is 1. The number of nitrogens with two attached hydrogens (primary N) is 1. The molecule has 2 aromatic rings. The van der Waals surface area contributed by atoms with Gasteiger partial charge in [0.2, 0.25) is 21.8 Å². The third kappa shape index (κ3) is 5.14. The first-order valence-corrected chi connectivity index (χ1v) is 9.43. The summed E-state index contributed by atoms with van der Waals surface area (Å²) in [5.41, 5.74) is 7.36. The molecule has 0 fully saturated rings. The first-order chi connectivity index (χ1) is 12.2. The maximum absolute atomic E-state index is 12.3. The summed E-state index contributed by atoms with van der Waals surface area (Å²) in [5, 5.41) is 2.69. The van der Waals surface area contributed by atoms with Gasteiger partial charge in [0.25, 0.3) is 0 Å². The first kappa shape index (κ1) is 19.6. The minimum atomic E-state index is -3.90. The van der Waals surface area contributed by atoms with Crippen LogP contribution in [-0.2, 0) is 21.4 Å². The van der Waals surface area contributed by atoms with Gasteiger partial charge in [-0.1, -0.05) is 29.8 Å².